The molecule has 0 amide bonds. The summed E-state index contributed by atoms with van der Waals surface area (Å²) in [5.74, 6) is 0.344. The molecule has 0 saturated carbocycles. The molecular formula is C12H23N3O2. The number of hydrogen-bond acceptors (Lipinski definition) is 4. The van der Waals surface area contributed by atoms with Gasteiger partial charge in [-0.2, -0.15) is 0 Å². The molecule has 0 bridgehead atoms. The average molecular weight is 241 g/mol. The van der Waals surface area contributed by atoms with Crippen LogP contribution in [0.25, 0.3) is 0 Å². The van der Waals surface area contributed by atoms with Crippen molar-refractivity contribution in [3.63, 3.8) is 0 Å². The Morgan fingerprint density at radius 3 is 2.76 bits per heavy atom. The molecule has 0 aromatic rings. The lowest BCUT2D eigenvalue weighted by Crippen LogP contribution is -2.44. The van der Waals surface area contributed by atoms with Crippen molar-refractivity contribution in [1.29, 1.82) is 0 Å². The fourth-order valence-electron chi connectivity index (χ4n) is 3.17. The SMILES string of the molecule is CCC(C(N)=NO)N1CCC2(CCOCC2)C1. The maximum Gasteiger partial charge on any atom is 0.156 e. The molecule has 0 aromatic carbocycles. The summed E-state index contributed by atoms with van der Waals surface area (Å²) in [4.78, 5) is 2.36. The molecule has 2 heterocycles. The molecule has 2 saturated heterocycles. The lowest BCUT2D eigenvalue weighted by atomic mass is 9.79. The van der Waals surface area contributed by atoms with Crippen molar-refractivity contribution < 1.29 is 9.94 Å². The Balaban J connectivity index is 2.00. The van der Waals surface area contributed by atoms with Gasteiger partial charge in [-0.05, 0) is 37.6 Å². The molecule has 2 rings (SSSR count). The van der Waals surface area contributed by atoms with Crippen molar-refractivity contribution in [3.8, 4) is 0 Å². The lowest BCUT2D eigenvalue weighted by Gasteiger charge is -2.34. The maximum absolute atomic E-state index is 8.81. The number of nitrogens with zero attached hydrogens (tertiary/aromatic N) is 2. The third-order valence-corrected chi connectivity index (χ3v) is 4.31. The molecule has 3 N–H and O–H groups in total. The first-order chi connectivity index (χ1) is 8.21. The summed E-state index contributed by atoms with van der Waals surface area (Å²) in [5.41, 5.74) is 6.18. The van der Waals surface area contributed by atoms with Crippen LogP contribution in [0, 0.1) is 5.41 Å². The van der Waals surface area contributed by atoms with Gasteiger partial charge in [0.15, 0.2) is 5.84 Å². The van der Waals surface area contributed by atoms with Gasteiger partial charge in [0.1, 0.15) is 0 Å². The van der Waals surface area contributed by atoms with Crippen molar-refractivity contribution in [2.24, 2.45) is 16.3 Å². The second kappa shape index (κ2) is 5.23. The third kappa shape index (κ3) is 2.55. The standard InChI is InChI=1S/C12H23N3O2/c1-2-10(11(13)14-16)15-6-3-12(9-15)4-7-17-8-5-12/h10,16H,2-9H2,1H3,(H2,13,14). The largest absolute Gasteiger partial charge is 0.409 e. The number of nitrogens with two attached hydrogens (primary N) is 1. The van der Waals surface area contributed by atoms with Crippen LogP contribution in [-0.2, 0) is 4.74 Å². The second-order valence-electron chi connectivity index (χ2n) is 5.28. The molecule has 1 atom stereocenters. The van der Waals surface area contributed by atoms with E-state index in [4.69, 9.17) is 15.7 Å². The molecule has 1 spiro atoms. The summed E-state index contributed by atoms with van der Waals surface area (Å²) in [7, 11) is 0. The van der Waals surface area contributed by atoms with E-state index in [0.717, 1.165) is 45.6 Å². The predicted molar refractivity (Wildman–Crippen MR) is 66.2 cm³/mol. The number of amidine groups is 1. The molecule has 5 heteroatoms. The van der Waals surface area contributed by atoms with Gasteiger partial charge in [0.05, 0.1) is 6.04 Å². The smallest absolute Gasteiger partial charge is 0.156 e. The predicted octanol–water partition coefficient (Wildman–Crippen LogP) is 1.01. The first-order valence-corrected chi connectivity index (χ1v) is 6.50. The number of rotatable bonds is 3. The van der Waals surface area contributed by atoms with Crippen molar-refractivity contribution in [2.45, 2.75) is 38.6 Å². The fourth-order valence-corrected chi connectivity index (χ4v) is 3.17. The molecule has 98 valence electrons. The van der Waals surface area contributed by atoms with E-state index < -0.39 is 0 Å². The van der Waals surface area contributed by atoms with E-state index in [9.17, 15) is 0 Å². The van der Waals surface area contributed by atoms with Crippen LogP contribution in [0.3, 0.4) is 0 Å². The van der Waals surface area contributed by atoms with Gasteiger partial charge in [-0.3, -0.25) is 4.90 Å². The van der Waals surface area contributed by atoms with Crippen molar-refractivity contribution in [2.75, 3.05) is 26.3 Å². The molecule has 1 unspecified atom stereocenters. The highest BCUT2D eigenvalue weighted by Crippen LogP contribution is 2.40. The van der Waals surface area contributed by atoms with Gasteiger partial charge < -0.3 is 15.7 Å². The average Bonchev–Trinajstić information content (AvgIpc) is 2.74. The van der Waals surface area contributed by atoms with Crippen LogP contribution >= 0.6 is 0 Å². The topological polar surface area (TPSA) is 71.1 Å². The summed E-state index contributed by atoms with van der Waals surface area (Å²) in [6.45, 7) is 5.96. The van der Waals surface area contributed by atoms with E-state index in [1.54, 1.807) is 0 Å². The normalized spacial score (nSPS) is 27.5. The minimum atomic E-state index is 0.0854. The lowest BCUT2D eigenvalue weighted by molar-refractivity contribution is 0.0184. The van der Waals surface area contributed by atoms with Crippen LogP contribution in [0.4, 0.5) is 0 Å². The number of ether oxygens (including phenoxy) is 1. The Morgan fingerprint density at radius 1 is 1.47 bits per heavy atom. The van der Waals surface area contributed by atoms with Crippen LogP contribution in [0.5, 0.6) is 0 Å². The zero-order valence-corrected chi connectivity index (χ0v) is 10.6. The number of hydrogen-bond donors (Lipinski definition) is 2. The Labute approximate surface area is 103 Å². The molecule has 0 radical (unpaired) electrons. The zero-order chi connectivity index (χ0) is 12.3. The molecular weight excluding hydrogens is 218 g/mol. The molecule has 0 aliphatic carbocycles. The summed E-state index contributed by atoms with van der Waals surface area (Å²) in [6.07, 6.45) is 4.40. The Morgan fingerprint density at radius 2 is 2.18 bits per heavy atom. The highest BCUT2D eigenvalue weighted by molar-refractivity contribution is 5.85. The van der Waals surface area contributed by atoms with Crippen molar-refractivity contribution in [3.05, 3.63) is 0 Å². The molecule has 2 aliphatic heterocycles. The first-order valence-electron chi connectivity index (χ1n) is 6.50. The molecule has 0 aromatic heterocycles. The van der Waals surface area contributed by atoms with Crippen LogP contribution in [0.1, 0.15) is 32.6 Å². The van der Waals surface area contributed by atoms with Crippen molar-refractivity contribution >= 4 is 5.84 Å². The van der Waals surface area contributed by atoms with Crippen LogP contribution in [-0.4, -0.2) is 48.3 Å². The van der Waals surface area contributed by atoms with Gasteiger partial charge in [0.2, 0.25) is 0 Å². The summed E-state index contributed by atoms with van der Waals surface area (Å²) in [5, 5.41) is 12.0. The maximum atomic E-state index is 8.81. The van der Waals surface area contributed by atoms with Gasteiger partial charge in [-0.25, -0.2) is 0 Å². The summed E-state index contributed by atoms with van der Waals surface area (Å²) < 4.78 is 5.44. The van der Waals surface area contributed by atoms with Gasteiger partial charge in [-0.15, -0.1) is 0 Å². The van der Waals surface area contributed by atoms with Crippen LogP contribution < -0.4 is 5.73 Å². The minimum Gasteiger partial charge on any atom is -0.409 e. The van der Waals surface area contributed by atoms with E-state index >= 15 is 0 Å². The van der Waals surface area contributed by atoms with E-state index in [1.165, 1.54) is 6.42 Å². The van der Waals surface area contributed by atoms with Gasteiger partial charge >= 0.3 is 0 Å². The molecule has 2 aliphatic rings. The minimum absolute atomic E-state index is 0.0854. The van der Waals surface area contributed by atoms with E-state index in [1.807, 2.05) is 0 Å². The number of likely N-dealkylation sites (tertiary alicyclic amines) is 1. The summed E-state index contributed by atoms with van der Waals surface area (Å²) in [6, 6.07) is 0.0854. The van der Waals surface area contributed by atoms with Crippen molar-refractivity contribution in [1.82, 2.24) is 4.90 Å². The monoisotopic (exact) mass is 241 g/mol. The highest BCUT2D eigenvalue weighted by atomic mass is 16.5. The highest BCUT2D eigenvalue weighted by Gasteiger charge is 2.41. The zero-order valence-electron chi connectivity index (χ0n) is 10.6. The van der Waals surface area contributed by atoms with Crippen LogP contribution in [0.2, 0.25) is 0 Å². The van der Waals surface area contributed by atoms with E-state index in [2.05, 4.69) is 17.0 Å². The van der Waals surface area contributed by atoms with Gasteiger partial charge in [0.25, 0.3) is 0 Å². The Kier molecular flexibility index (Phi) is 3.89. The summed E-state index contributed by atoms with van der Waals surface area (Å²) >= 11 is 0. The van der Waals surface area contributed by atoms with Gasteiger partial charge in [-0.1, -0.05) is 12.1 Å². The van der Waals surface area contributed by atoms with E-state index in [-0.39, 0.29) is 6.04 Å². The molecule has 17 heavy (non-hydrogen) atoms. The third-order valence-electron chi connectivity index (χ3n) is 4.31. The quantitative estimate of drug-likeness (QED) is 0.335. The fraction of sp³-hybridized carbons (Fsp3) is 0.917. The first kappa shape index (κ1) is 12.6. The number of oxime groups is 1. The second-order valence-corrected chi connectivity index (χ2v) is 5.28. The molecule has 2 fully saturated rings. The Bertz CT molecular complexity index is 287. The molecule has 5 nitrogen and oxygen atoms in total. The van der Waals surface area contributed by atoms with Crippen LogP contribution in [0.15, 0.2) is 5.16 Å². The van der Waals surface area contributed by atoms with E-state index in [0.29, 0.717) is 11.3 Å². The Hall–Kier alpha value is -0.810. The van der Waals surface area contributed by atoms with Gasteiger partial charge in [0, 0.05) is 19.8 Å².